The molecule has 1 aliphatic rings. The van der Waals surface area contributed by atoms with Gasteiger partial charge in [0.1, 0.15) is 41.4 Å². The number of anilines is 2. The largest absolute Gasteiger partial charge is 0.480 e. The average molecular weight is 1080 g/mol. The number of amides is 2. The minimum Gasteiger partial charge on any atom is -0.480 e. The number of alkyl halides is 6. The topological polar surface area (TPSA) is 260 Å². The highest BCUT2D eigenvalue weighted by Crippen LogP contribution is 2.40. The molecule has 5 rings (SSSR count). The zero-order valence-electron chi connectivity index (χ0n) is 37.7. The van der Waals surface area contributed by atoms with E-state index >= 15 is 0 Å². The second kappa shape index (κ2) is 26.2. The van der Waals surface area contributed by atoms with Crippen molar-refractivity contribution in [1.29, 1.82) is 0 Å². The summed E-state index contributed by atoms with van der Waals surface area (Å²) < 4.78 is 65.5. The summed E-state index contributed by atoms with van der Waals surface area (Å²) in [5, 5.41) is 21.8. The van der Waals surface area contributed by atoms with Crippen LogP contribution >= 0.6 is 65.4 Å². The first-order chi connectivity index (χ1) is 31.4. The van der Waals surface area contributed by atoms with Crippen LogP contribution in [0.3, 0.4) is 0 Å². The maximum absolute atomic E-state index is 12.6. The molecule has 27 heteroatoms. The van der Waals surface area contributed by atoms with Gasteiger partial charge in [0.25, 0.3) is 5.91 Å². The molecule has 0 aliphatic carbocycles. The first-order valence-corrected chi connectivity index (χ1v) is 24.5. The molecule has 3 heterocycles. The number of nitrogens with two attached hydrogens (primary N) is 2. The third-order valence-corrected chi connectivity index (χ3v) is 11.9. The van der Waals surface area contributed by atoms with Crippen molar-refractivity contribution >= 4 is 100 Å². The van der Waals surface area contributed by atoms with Crippen LogP contribution in [0.25, 0.3) is 5.69 Å². The molecule has 1 saturated heterocycles. The van der Waals surface area contributed by atoms with Crippen LogP contribution in [-0.2, 0) is 41.0 Å². The van der Waals surface area contributed by atoms with Crippen molar-refractivity contribution in [3.05, 3.63) is 97.5 Å². The number of furan rings is 1. The maximum atomic E-state index is 12.6. The van der Waals surface area contributed by atoms with Crippen LogP contribution in [0, 0.1) is 17.0 Å². The number of benzene rings is 2. The predicted molar refractivity (Wildman–Crippen MR) is 254 cm³/mol. The van der Waals surface area contributed by atoms with Crippen molar-refractivity contribution in [2.24, 2.45) is 5.73 Å². The third-order valence-electron chi connectivity index (χ3n) is 9.63. The van der Waals surface area contributed by atoms with E-state index in [9.17, 15) is 42.2 Å². The molecule has 1 aliphatic heterocycles. The Morgan fingerprint density at radius 3 is 2.21 bits per heavy atom. The van der Waals surface area contributed by atoms with Gasteiger partial charge < -0.3 is 45.2 Å². The predicted octanol–water partition coefficient (Wildman–Crippen LogP) is 9.26. The zero-order valence-corrected chi connectivity index (χ0v) is 42.4. The number of hydrogen-bond donors (Lipinski definition) is 4. The molecule has 6 N–H and O–H groups in total. The van der Waals surface area contributed by atoms with Crippen molar-refractivity contribution in [3.8, 4) is 5.69 Å². The number of carbonyl (C=O) groups is 3. The van der Waals surface area contributed by atoms with Gasteiger partial charge in [-0.1, -0.05) is 71.5 Å². The van der Waals surface area contributed by atoms with E-state index < -0.39 is 58.1 Å². The van der Waals surface area contributed by atoms with E-state index in [2.05, 4.69) is 18.1 Å². The summed E-state index contributed by atoms with van der Waals surface area (Å²) in [6, 6.07) is 9.88. The van der Waals surface area contributed by atoms with Gasteiger partial charge in [-0.15, -0.1) is 11.6 Å². The number of aromatic nitrogens is 2. The Balaban J connectivity index is 0.000000318. The number of aliphatic carboxylic acids is 1. The number of carboxylic acid groups (broad SMARTS) is 1. The first kappa shape index (κ1) is 60.0. The van der Waals surface area contributed by atoms with Crippen molar-refractivity contribution in [2.75, 3.05) is 49.6 Å². The molecular weight excluding hydrogens is 1030 g/mol. The minimum atomic E-state index is -4.63. The average Bonchev–Trinajstić information content (AvgIpc) is 3.99. The van der Waals surface area contributed by atoms with Crippen LogP contribution in [-0.4, -0.2) is 109 Å². The monoisotopic (exact) mass is 1080 g/mol. The Hall–Kier alpha value is -4.15. The fourth-order valence-electron chi connectivity index (χ4n) is 6.35. The number of carboxylic acids is 1. The van der Waals surface area contributed by atoms with Crippen LogP contribution in [0.5, 0.6) is 0 Å². The summed E-state index contributed by atoms with van der Waals surface area (Å²) in [6.45, 7) is 11.7. The summed E-state index contributed by atoms with van der Waals surface area (Å²) >= 11 is 28.5. The highest BCUT2D eigenvalue weighted by Gasteiger charge is 2.45. The van der Waals surface area contributed by atoms with Crippen LogP contribution in [0.2, 0.25) is 10.0 Å². The number of rotatable bonds is 14. The number of hydrogen-bond acceptors (Lipinski definition) is 12. The molecule has 2 amide bonds. The lowest BCUT2D eigenvalue weighted by Crippen LogP contribution is -2.45. The third kappa shape index (κ3) is 17.1. The van der Waals surface area contributed by atoms with Crippen molar-refractivity contribution in [2.45, 2.75) is 82.4 Å². The number of carbonyl (C=O) groups excluding carboxylic acids is 2. The molecule has 2 aromatic heterocycles. The van der Waals surface area contributed by atoms with E-state index in [0.29, 0.717) is 31.0 Å². The normalized spacial score (nSPS) is 15.9. The van der Waals surface area contributed by atoms with Gasteiger partial charge in [0.2, 0.25) is 11.7 Å². The summed E-state index contributed by atoms with van der Waals surface area (Å²) in [6.07, 6.45) is -1.62. The van der Waals surface area contributed by atoms with Crippen molar-refractivity contribution in [1.82, 2.24) is 14.7 Å². The van der Waals surface area contributed by atoms with Gasteiger partial charge in [0.15, 0.2) is 12.2 Å². The van der Waals surface area contributed by atoms with E-state index in [1.165, 1.54) is 11.6 Å². The Bertz CT molecular complexity index is 2370. The van der Waals surface area contributed by atoms with E-state index in [1.807, 2.05) is 32.0 Å². The maximum Gasteiger partial charge on any atom is 0.416 e. The van der Waals surface area contributed by atoms with Gasteiger partial charge in [0, 0.05) is 19.9 Å². The molecule has 0 bridgehead atoms. The van der Waals surface area contributed by atoms with Crippen LogP contribution < -0.4 is 16.4 Å². The van der Waals surface area contributed by atoms with Gasteiger partial charge in [-0.25, -0.2) is 4.68 Å². The highest BCUT2D eigenvalue weighted by atomic mass is 35.5. The number of aryl methyl sites for hydroxylation is 2. The van der Waals surface area contributed by atoms with E-state index in [-0.39, 0.29) is 58.2 Å². The second-order valence-corrected chi connectivity index (χ2v) is 20.1. The zero-order chi connectivity index (χ0) is 52.1. The number of nitrogens with zero attached hydrogens (tertiary/aromatic N) is 5. The molecule has 4 atom stereocenters. The molecule has 18 nitrogen and oxygen atoms in total. The molecular formula is C41H52Cl5F3N7O11P. The molecule has 378 valence electrons. The number of nitrogen functional groups attached to an aromatic ring is 1. The molecule has 4 unspecified atom stereocenters. The number of para-hydroxylation sites is 1. The number of ether oxygens (including phenoxy) is 2. The number of nitro groups is 1. The summed E-state index contributed by atoms with van der Waals surface area (Å²) in [5.41, 5.74) is 11.3. The quantitative estimate of drug-likeness (QED) is 0.0397. The molecule has 0 radical (unpaired) electrons. The van der Waals surface area contributed by atoms with E-state index in [1.54, 1.807) is 38.2 Å². The molecule has 2 aromatic carbocycles. The van der Waals surface area contributed by atoms with Gasteiger partial charge in [0.05, 0.1) is 51.7 Å². The summed E-state index contributed by atoms with van der Waals surface area (Å²) in [7, 11) is -1.47. The highest BCUT2D eigenvalue weighted by molar-refractivity contribution is 7.57. The lowest BCUT2D eigenvalue weighted by atomic mass is 10.0. The minimum absolute atomic E-state index is 0.0223. The lowest BCUT2D eigenvalue weighted by Gasteiger charge is -2.31. The molecule has 1 fully saturated rings. The van der Waals surface area contributed by atoms with Gasteiger partial charge in [-0.3, -0.25) is 29.1 Å². The summed E-state index contributed by atoms with van der Waals surface area (Å²) in [4.78, 5) is 55.0. The van der Waals surface area contributed by atoms with Gasteiger partial charge in [-0.2, -0.15) is 18.3 Å². The standard InChI is InChI=1S/C15H22ClNO2.C11H13Cl2NO3.C10H5Cl2F3N4O2.C5H12NO4P/c1-5-13-8-6-7-11(2)15(13)17(14(18)9-16)12(3)10-19-4;1-11(2)14(10(15)9(12)13)6-8(17-11)7-4-3-5-16-7;11-5-1-4(10(13,14)15)2-6(12)8(5)18-9(16)7(3-17-18)19(20)21;1-11(9,10)3-2-4(6)5(7)8/h6-8,12H,5,9-10H2,1-4H3;3-5,8-9H,6H2,1-2H3;1-3H,16H2;4H,2-3,6H2,1H3,(H,7,8)(H,9,10). The van der Waals surface area contributed by atoms with E-state index in [0.717, 1.165) is 34.1 Å². The fraction of sp³-hybridized carbons (Fsp3) is 0.463. The lowest BCUT2D eigenvalue weighted by molar-refractivity contribution is -0.383. The fourth-order valence-corrected chi connectivity index (χ4v) is 8.12. The van der Waals surface area contributed by atoms with Crippen molar-refractivity contribution < 1.29 is 60.9 Å². The Kier molecular flexibility index (Phi) is 23.1. The molecule has 68 heavy (non-hydrogen) atoms. The second-order valence-electron chi connectivity index (χ2n) is 15.3. The molecule has 4 aromatic rings. The van der Waals surface area contributed by atoms with Crippen LogP contribution in [0.4, 0.5) is 30.4 Å². The van der Waals surface area contributed by atoms with Crippen LogP contribution in [0.15, 0.2) is 59.3 Å². The Morgan fingerprint density at radius 1 is 1.16 bits per heavy atom. The van der Waals surface area contributed by atoms with E-state index in [4.69, 9.17) is 93.4 Å². The Labute approximate surface area is 415 Å². The molecule has 0 saturated carbocycles. The van der Waals surface area contributed by atoms with Crippen LogP contribution in [0.1, 0.15) is 62.7 Å². The SMILES string of the molecule is CC1(C)OC(c2ccco2)CN1C(=O)C(Cl)Cl.CCc1cccc(C)c1N(C(=O)CCl)C(C)COC.CP(=O)(O)CCC(N)C(=O)O.Nc1c([N+](=O)[O-])cnn1-c1c(Cl)cc(C(F)(F)F)cc1Cl. The van der Waals surface area contributed by atoms with Crippen molar-refractivity contribution in [3.63, 3.8) is 0 Å². The Morgan fingerprint density at radius 2 is 1.76 bits per heavy atom. The number of methoxy groups -OCH3 is 1. The summed E-state index contributed by atoms with van der Waals surface area (Å²) in [5.74, 6) is -1.32. The van der Waals surface area contributed by atoms with Gasteiger partial charge in [-0.05, 0) is 75.9 Å². The number of halogens is 8. The molecule has 0 spiro atoms. The first-order valence-electron chi connectivity index (χ1n) is 20.0. The smallest absolute Gasteiger partial charge is 0.416 e. The van der Waals surface area contributed by atoms with Gasteiger partial charge >= 0.3 is 17.8 Å².